The summed E-state index contributed by atoms with van der Waals surface area (Å²) in [5, 5.41) is 6.63. The zero-order valence-electron chi connectivity index (χ0n) is 21.4. The Balaban J connectivity index is 1.44. The van der Waals surface area contributed by atoms with Crippen LogP contribution < -0.4 is 15.8 Å². The van der Waals surface area contributed by atoms with Crippen LogP contribution in [-0.4, -0.2) is 32.4 Å². The Bertz CT molecular complexity index is 1400. The lowest BCUT2D eigenvalue weighted by atomic mass is 9.99. The second kappa shape index (κ2) is 12.6. The molecule has 4 rings (SSSR count). The maximum atomic E-state index is 13.3. The molecule has 38 heavy (non-hydrogen) atoms. The monoisotopic (exact) mass is 514 g/mol. The van der Waals surface area contributed by atoms with Gasteiger partial charge in [-0.1, -0.05) is 55.4 Å². The van der Waals surface area contributed by atoms with Crippen molar-refractivity contribution in [2.24, 2.45) is 5.92 Å². The van der Waals surface area contributed by atoms with E-state index in [2.05, 4.69) is 15.5 Å². The summed E-state index contributed by atoms with van der Waals surface area (Å²) in [4.78, 5) is 42.9. The SMILES string of the molecule is CC(C)CCC(NC(=O)c1ccc(OCc2ccccc2)cc1)C(=O)Cn1c(-c2ccccn2)noc1=O. The predicted octanol–water partition coefficient (Wildman–Crippen LogP) is 4.28. The molecule has 2 aromatic carbocycles. The van der Waals surface area contributed by atoms with E-state index in [1.165, 1.54) is 0 Å². The molecule has 2 aromatic heterocycles. The Morgan fingerprint density at radius 1 is 0.974 bits per heavy atom. The number of benzene rings is 2. The van der Waals surface area contributed by atoms with E-state index < -0.39 is 11.8 Å². The number of nitrogens with one attached hydrogen (secondary N) is 1. The molecule has 0 aliphatic carbocycles. The van der Waals surface area contributed by atoms with E-state index in [-0.39, 0.29) is 24.1 Å². The minimum Gasteiger partial charge on any atom is -0.489 e. The third kappa shape index (κ3) is 7.03. The maximum absolute atomic E-state index is 13.3. The van der Waals surface area contributed by atoms with Gasteiger partial charge in [0.05, 0.1) is 12.6 Å². The largest absolute Gasteiger partial charge is 0.489 e. The molecule has 0 aliphatic rings. The standard InChI is InChI=1S/C29H30N4O5/c1-20(2)11-16-24(26(34)18-33-27(32-38-29(33)36)25-10-6-7-17-30-25)31-28(35)22-12-14-23(15-13-22)37-19-21-8-4-3-5-9-21/h3-10,12-15,17,20,24H,11,16,18-19H2,1-2H3,(H,31,35). The average Bonchev–Trinajstić information content (AvgIpc) is 3.30. The molecule has 0 saturated carbocycles. The summed E-state index contributed by atoms with van der Waals surface area (Å²) in [6.07, 6.45) is 2.71. The van der Waals surface area contributed by atoms with Crippen molar-refractivity contribution in [3.63, 3.8) is 0 Å². The Kier molecular flexibility index (Phi) is 8.81. The molecule has 1 unspecified atom stereocenters. The van der Waals surface area contributed by atoms with Gasteiger partial charge in [0.15, 0.2) is 5.78 Å². The Hall–Kier alpha value is -4.53. The summed E-state index contributed by atoms with van der Waals surface area (Å²) in [6, 6.07) is 20.9. The maximum Gasteiger partial charge on any atom is 0.442 e. The van der Waals surface area contributed by atoms with Crippen LogP contribution in [0.25, 0.3) is 11.5 Å². The van der Waals surface area contributed by atoms with Crippen LogP contribution in [0, 0.1) is 5.92 Å². The number of carbonyl (C=O) groups excluding carboxylic acids is 2. The fourth-order valence-electron chi connectivity index (χ4n) is 3.85. The van der Waals surface area contributed by atoms with Crippen LogP contribution in [0.4, 0.5) is 0 Å². The molecule has 2 heterocycles. The highest BCUT2D eigenvalue weighted by Gasteiger charge is 2.25. The Morgan fingerprint density at radius 2 is 1.71 bits per heavy atom. The summed E-state index contributed by atoms with van der Waals surface area (Å²) in [6.45, 7) is 4.20. The number of ketones is 1. The van der Waals surface area contributed by atoms with Gasteiger partial charge >= 0.3 is 5.76 Å². The number of rotatable bonds is 12. The van der Waals surface area contributed by atoms with E-state index in [0.717, 1.165) is 10.1 Å². The van der Waals surface area contributed by atoms with Gasteiger partial charge in [-0.05, 0) is 60.7 Å². The van der Waals surface area contributed by atoms with Gasteiger partial charge in [-0.3, -0.25) is 19.1 Å². The molecule has 0 aliphatic heterocycles. The van der Waals surface area contributed by atoms with Gasteiger partial charge in [-0.2, -0.15) is 0 Å². The molecule has 1 N–H and O–H groups in total. The summed E-state index contributed by atoms with van der Waals surface area (Å²) < 4.78 is 11.7. The highest BCUT2D eigenvalue weighted by Crippen LogP contribution is 2.16. The summed E-state index contributed by atoms with van der Waals surface area (Å²) in [5.41, 5.74) is 1.85. The topological polar surface area (TPSA) is 116 Å². The van der Waals surface area contributed by atoms with E-state index >= 15 is 0 Å². The number of ether oxygens (including phenoxy) is 1. The van der Waals surface area contributed by atoms with Crippen LogP contribution in [0.15, 0.2) is 88.3 Å². The van der Waals surface area contributed by atoms with E-state index in [4.69, 9.17) is 9.26 Å². The molecular formula is C29H30N4O5. The van der Waals surface area contributed by atoms with Crippen LogP contribution in [0.2, 0.25) is 0 Å². The third-order valence-electron chi connectivity index (χ3n) is 5.99. The molecule has 9 heteroatoms. The third-order valence-corrected chi connectivity index (χ3v) is 5.99. The summed E-state index contributed by atoms with van der Waals surface area (Å²) in [7, 11) is 0. The molecule has 4 aromatic rings. The number of hydrogen-bond acceptors (Lipinski definition) is 7. The lowest BCUT2D eigenvalue weighted by molar-refractivity contribution is -0.121. The number of pyridine rings is 1. The first-order valence-electron chi connectivity index (χ1n) is 12.5. The molecule has 9 nitrogen and oxygen atoms in total. The zero-order valence-corrected chi connectivity index (χ0v) is 21.4. The number of carbonyl (C=O) groups is 2. The quantitative estimate of drug-likeness (QED) is 0.300. The minimum atomic E-state index is -0.794. The van der Waals surface area contributed by atoms with Crippen molar-refractivity contribution in [3.8, 4) is 17.3 Å². The van der Waals surface area contributed by atoms with Crippen molar-refractivity contribution in [1.82, 2.24) is 20.0 Å². The molecule has 0 spiro atoms. The Labute approximate surface area is 220 Å². The van der Waals surface area contributed by atoms with Crippen molar-refractivity contribution < 1.29 is 18.8 Å². The molecule has 196 valence electrons. The molecule has 0 saturated heterocycles. The highest BCUT2D eigenvalue weighted by atomic mass is 16.5. The molecule has 1 atom stereocenters. The number of nitrogens with zero attached hydrogens (tertiary/aromatic N) is 3. The van der Waals surface area contributed by atoms with Gasteiger partial charge in [0.1, 0.15) is 18.1 Å². The second-order valence-corrected chi connectivity index (χ2v) is 9.34. The van der Waals surface area contributed by atoms with Gasteiger partial charge in [0.25, 0.3) is 5.91 Å². The van der Waals surface area contributed by atoms with Gasteiger partial charge in [0.2, 0.25) is 5.82 Å². The summed E-state index contributed by atoms with van der Waals surface area (Å²) >= 11 is 0. The summed E-state index contributed by atoms with van der Waals surface area (Å²) in [5.74, 6) is -0.367. The fraction of sp³-hybridized carbons (Fsp3) is 0.276. The van der Waals surface area contributed by atoms with Gasteiger partial charge in [-0.25, -0.2) is 9.36 Å². The first-order chi connectivity index (χ1) is 18.4. The lowest BCUT2D eigenvalue weighted by Gasteiger charge is -2.19. The fourth-order valence-corrected chi connectivity index (χ4v) is 3.85. The number of aromatic nitrogens is 3. The second-order valence-electron chi connectivity index (χ2n) is 9.34. The van der Waals surface area contributed by atoms with Crippen LogP contribution >= 0.6 is 0 Å². The van der Waals surface area contributed by atoms with Crippen LogP contribution in [0.3, 0.4) is 0 Å². The van der Waals surface area contributed by atoms with E-state index in [9.17, 15) is 14.4 Å². The predicted molar refractivity (Wildman–Crippen MR) is 142 cm³/mol. The average molecular weight is 515 g/mol. The van der Waals surface area contributed by atoms with Crippen molar-refractivity contribution in [1.29, 1.82) is 0 Å². The van der Waals surface area contributed by atoms with Crippen molar-refractivity contribution in [2.75, 3.05) is 0 Å². The first-order valence-corrected chi connectivity index (χ1v) is 12.5. The van der Waals surface area contributed by atoms with E-state index in [0.29, 0.717) is 42.4 Å². The molecule has 0 fully saturated rings. The van der Waals surface area contributed by atoms with Gasteiger partial charge in [-0.15, -0.1) is 0 Å². The van der Waals surface area contributed by atoms with Gasteiger partial charge in [0, 0.05) is 11.8 Å². The molecule has 0 radical (unpaired) electrons. The van der Waals surface area contributed by atoms with Crippen LogP contribution in [0.5, 0.6) is 5.75 Å². The number of amides is 1. The van der Waals surface area contributed by atoms with Gasteiger partial charge < -0.3 is 10.1 Å². The number of Topliss-reactive ketones (excluding diaryl/α,β-unsaturated/α-hetero) is 1. The highest BCUT2D eigenvalue weighted by molar-refractivity contribution is 5.98. The minimum absolute atomic E-state index is 0.156. The van der Waals surface area contributed by atoms with Crippen LogP contribution in [0.1, 0.15) is 42.6 Å². The van der Waals surface area contributed by atoms with Crippen LogP contribution in [-0.2, 0) is 17.9 Å². The first kappa shape index (κ1) is 26.5. The Morgan fingerprint density at radius 3 is 2.39 bits per heavy atom. The smallest absolute Gasteiger partial charge is 0.442 e. The zero-order chi connectivity index (χ0) is 26.9. The lowest BCUT2D eigenvalue weighted by Crippen LogP contribution is -2.43. The van der Waals surface area contributed by atoms with E-state index in [1.54, 1.807) is 48.7 Å². The molecular weight excluding hydrogens is 484 g/mol. The van der Waals surface area contributed by atoms with Crippen molar-refractivity contribution >= 4 is 11.7 Å². The van der Waals surface area contributed by atoms with Crippen molar-refractivity contribution in [3.05, 3.63) is 101 Å². The van der Waals surface area contributed by atoms with E-state index in [1.807, 2.05) is 44.2 Å². The molecule has 1 amide bonds. The normalized spacial score (nSPS) is 11.8. The van der Waals surface area contributed by atoms with Crippen molar-refractivity contribution in [2.45, 2.75) is 45.9 Å². The molecule has 0 bridgehead atoms. The number of hydrogen-bond donors (Lipinski definition) is 1.